The molecule has 1 unspecified atom stereocenters. The average molecular weight is 534 g/mol. The third-order valence-electron chi connectivity index (χ3n) is 6.39. The quantitative estimate of drug-likeness (QED) is 0.420. The fourth-order valence-corrected chi connectivity index (χ4v) is 4.47. The number of nitrogens with zero attached hydrogens (tertiary/aromatic N) is 2. The van der Waals surface area contributed by atoms with Crippen LogP contribution in [0.25, 0.3) is 0 Å². The smallest absolute Gasteiger partial charge is 0.257 e. The number of halogens is 1. The van der Waals surface area contributed by atoms with Gasteiger partial charge in [-0.15, -0.1) is 0 Å². The summed E-state index contributed by atoms with van der Waals surface area (Å²) >= 11 is 0. The van der Waals surface area contributed by atoms with Gasteiger partial charge in [-0.05, 0) is 72.6 Å². The molecule has 3 aromatic rings. The second kappa shape index (κ2) is 11.8. The summed E-state index contributed by atoms with van der Waals surface area (Å²) in [5.41, 5.74) is 1.87. The van der Waals surface area contributed by atoms with Crippen molar-refractivity contribution in [3.8, 4) is 11.5 Å². The highest BCUT2D eigenvalue weighted by molar-refractivity contribution is 6.23. The lowest BCUT2D eigenvalue weighted by molar-refractivity contribution is -0.122. The Morgan fingerprint density at radius 1 is 0.974 bits per heavy atom. The van der Waals surface area contributed by atoms with Crippen LogP contribution in [0.15, 0.2) is 66.7 Å². The van der Waals surface area contributed by atoms with E-state index in [1.807, 2.05) is 6.07 Å². The van der Waals surface area contributed by atoms with Gasteiger partial charge in [0, 0.05) is 24.7 Å². The second-order valence-corrected chi connectivity index (χ2v) is 8.96. The molecule has 1 atom stereocenters. The maximum Gasteiger partial charge on any atom is 0.257 e. The van der Waals surface area contributed by atoms with E-state index in [4.69, 9.17) is 9.47 Å². The van der Waals surface area contributed by atoms with Gasteiger partial charge in [0.2, 0.25) is 11.8 Å². The zero-order valence-electron chi connectivity index (χ0n) is 21.8. The first-order chi connectivity index (χ1) is 18.7. The molecule has 0 aromatic heterocycles. The van der Waals surface area contributed by atoms with Crippen LogP contribution in [0.5, 0.6) is 11.5 Å². The van der Waals surface area contributed by atoms with E-state index in [2.05, 4.69) is 5.32 Å². The first-order valence-corrected chi connectivity index (χ1v) is 12.2. The van der Waals surface area contributed by atoms with Crippen LogP contribution in [-0.2, 0) is 20.8 Å². The monoisotopic (exact) mass is 533 g/mol. The highest BCUT2D eigenvalue weighted by atomic mass is 19.1. The Morgan fingerprint density at radius 3 is 2.26 bits per heavy atom. The predicted molar refractivity (Wildman–Crippen MR) is 142 cm³/mol. The third kappa shape index (κ3) is 6.06. The van der Waals surface area contributed by atoms with Crippen molar-refractivity contribution in [1.29, 1.82) is 0 Å². The molecular weight excluding hydrogens is 505 g/mol. The molecule has 0 saturated carbocycles. The lowest BCUT2D eigenvalue weighted by Gasteiger charge is -2.28. The number of hydrogen-bond acceptors (Lipinski definition) is 6. The topological polar surface area (TPSA) is 105 Å². The number of rotatable bonds is 9. The molecule has 0 aliphatic carbocycles. The van der Waals surface area contributed by atoms with E-state index in [1.165, 1.54) is 50.3 Å². The van der Waals surface area contributed by atoms with Crippen LogP contribution in [0.4, 0.5) is 15.8 Å². The first-order valence-electron chi connectivity index (χ1n) is 12.2. The fraction of sp³-hybridized carbons (Fsp3) is 0.241. The van der Waals surface area contributed by atoms with Crippen LogP contribution in [0, 0.1) is 5.82 Å². The SMILES string of the molecule is COc1ccc(CCN(C(=O)c2ccc(F)cc2)C2CC(=O)N(c3ccc(NC(C)=O)cc3)C2=O)cc1OC. The summed E-state index contributed by atoms with van der Waals surface area (Å²) in [6.45, 7) is 1.49. The van der Waals surface area contributed by atoms with Crippen LogP contribution >= 0.6 is 0 Å². The Labute approximate surface area is 225 Å². The normalized spacial score (nSPS) is 14.8. The van der Waals surface area contributed by atoms with Crippen molar-refractivity contribution in [2.24, 2.45) is 0 Å². The molecule has 0 bridgehead atoms. The van der Waals surface area contributed by atoms with Gasteiger partial charge in [-0.1, -0.05) is 6.07 Å². The van der Waals surface area contributed by atoms with Gasteiger partial charge >= 0.3 is 0 Å². The number of ether oxygens (including phenoxy) is 2. The van der Waals surface area contributed by atoms with Crippen LogP contribution in [0.2, 0.25) is 0 Å². The number of nitrogens with one attached hydrogen (secondary N) is 1. The Bertz CT molecular complexity index is 1390. The van der Waals surface area contributed by atoms with Gasteiger partial charge in [0.15, 0.2) is 11.5 Å². The number of amides is 4. The summed E-state index contributed by atoms with van der Waals surface area (Å²) in [5, 5.41) is 2.63. The van der Waals surface area contributed by atoms with E-state index in [1.54, 1.807) is 36.4 Å². The zero-order valence-corrected chi connectivity index (χ0v) is 21.8. The third-order valence-corrected chi connectivity index (χ3v) is 6.39. The largest absolute Gasteiger partial charge is 0.493 e. The molecule has 1 N–H and O–H groups in total. The minimum absolute atomic E-state index is 0.116. The molecule has 1 fully saturated rings. The maximum absolute atomic E-state index is 13.6. The van der Waals surface area contributed by atoms with Gasteiger partial charge in [-0.3, -0.25) is 19.2 Å². The van der Waals surface area contributed by atoms with E-state index in [-0.39, 0.29) is 24.4 Å². The molecule has 0 radical (unpaired) electrons. The molecule has 39 heavy (non-hydrogen) atoms. The van der Waals surface area contributed by atoms with Crippen LogP contribution < -0.4 is 19.7 Å². The van der Waals surface area contributed by atoms with Gasteiger partial charge in [-0.25, -0.2) is 9.29 Å². The maximum atomic E-state index is 13.6. The number of anilines is 2. The van der Waals surface area contributed by atoms with Crippen molar-refractivity contribution in [1.82, 2.24) is 4.90 Å². The molecule has 1 aliphatic heterocycles. The second-order valence-electron chi connectivity index (χ2n) is 8.96. The molecule has 202 valence electrons. The van der Waals surface area contributed by atoms with E-state index >= 15 is 0 Å². The molecule has 10 heteroatoms. The zero-order chi connectivity index (χ0) is 28.1. The van der Waals surface area contributed by atoms with E-state index in [9.17, 15) is 23.6 Å². The summed E-state index contributed by atoms with van der Waals surface area (Å²) in [4.78, 5) is 53.8. The number of methoxy groups -OCH3 is 2. The summed E-state index contributed by atoms with van der Waals surface area (Å²) in [5.74, 6) is -1.17. The molecule has 1 heterocycles. The van der Waals surface area contributed by atoms with Crippen molar-refractivity contribution in [3.05, 3.63) is 83.7 Å². The van der Waals surface area contributed by atoms with Gasteiger partial charge in [0.1, 0.15) is 11.9 Å². The van der Waals surface area contributed by atoms with Gasteiger partial charge in [0.05, 0.1) is 26.3 Å². The molecule has 4 amide bonds. The standard InChI is InChI=1S/C29H28FN3O6/c1-18(34)31-22-9-11-23(12-10-22)33-27(35)17-24(29(33)37)32(28(36)20-5-7-21(30)8-6-20)15-14-19-4-13-25(38-2)26(16-19)39-3/h4-13,16,24H,14-15,17H2,1-3H3,(H,31,34). The minimum atomic E-state index is -1.05. The van der Waals surface area contributed by atoms with Gasteiger partial charge in [0.25, 0.3) is 11.8 Å². The number of carbonyl (C=O) groups is 4. The molecule has 4 rings (SSSR count). The van der Waals surface area contributed by atoms with Gasteiger partial charge < -0.3 is 19.7 Å². The van der Waals surface area contributed by atoms with Crippen molar-refractivity contribution >= 4 is 35.0 Å². The predicted octanol–water partition coefficient (Wildman–Crippen LogP) is 3.82. The lowest BCUT2D eigenvalue weighted by atomic mass is 10.1. The fourth-order valence-electron chi connectivity index (χ4n) is 4.47. The molecule has 0 spiro atoms. The molecule has 9 nitrogen and oxygen atoms in total. The summed E-state index contributed by atoms with van der Waals surface area (Å²) < 4.78 is 24.2. The highest BCUT2D eigenvalue weighted by Crippen LogP contribution is 2.30. The van der Waals surface area contributed by atoms with Crippen LogP contribution in [0.3, 0.4) is 0 Å². The van der Waals surface area contributed by atoms with Gasteiger partial charge in [-0.2, -0.15) is 0 Å². The summed E-state index contributed by atoms with van der Waals surface area (Å²) in [6, 6.07) is 15.6. The van der Waals surface area contributed by atoms with Crippen molar-refractivity contribution in [3.63, 3.8) is 0 Å². The Balaban J connectivity index is 1.61. The summed E-state index contributed by atoms with van der Waals surface area (Å²) in [6.07, 6.45) is 0.155. The Hall–Kier alpha value is -4.73. The first kappa shape index (κ1) is 27.3. The van der Waals surface area contributed by atoms with Crippen molar-refractivity contribution < 1.29 is 33.0 Å². The highest BCUT2D eigenvalue weighted by Gasteiger charge is 2.44. The Kier molecular flexibility index (Phi) is 8.24. The van der Waals surface area contributed by atoms with Crippen LogP contribution in [-0.4, -0.2) is 55.3 Å². The van der Waals surface area contributed by atoms with Crippen LogP contribution in [0.1, 0.15) is 29.3 Å². The molecular formula is C29H28FN3O6. The lowest BCUT2D eigenvalue weighted by Crippen LogP contribution is -2.46. The number of carbonyl (C=O) groups excluding carboxylic acids is 4. The van der Waals surface area contributed by atoms with Crippen molar-refractivity contribution in [2.45, 2.75) is 25.8 Å². The number of imide groups is 1. The summed E-state index contributed by atoms with van der Waals surface area (Å²) in [7, 11) is 3.05. The Morgan fingerprint density at radius 2 is 1.64 bits per heavy atom. The number of benzene rings is 3. The van der Waals surface area contributed by atoms with Crippen molar-refractivity contribution in [2.75, 3.05) is 31.0 Å². The molecule has 3 aromatic carbocycles. The average Bonchev–Trinajstić information content (AvgIpc) is 3.22. The van der Waals surface area contributed by atoms with E-state index < -0.39 is 29.6 Å². The molecule has 1 aliphatic rings. The molecule has 1 saturated heterocycles. The van der Waals surface area contributed by atoms with E-state index in [0.29, 0.717) is 29.3 Å². The number of hydrogen-bond donors (Lipinski definition) is 1. The minimum Gasteiger partial charge on any atom is -0.493 e. The van der Waals surface area contributed by atoms with E-state index in [0.717, 1.165) is 10.5 Å².